The van der Waals surface area contributed by atoms with Crippen LogP contribution in [0.25, 0.3) is 0 Å². The zero-order valence-electron chi connectivity index (χ0n) is 30.8. The molecule has 2 aromatic carbocycles. The second kappa shape index (κ2) is 15.7. The molecule has 1 saturated carbocycles. The number of ether oxygens (including phenoxy) is 1. The summed E-state index contributed by atoms with van der Waals surface area (Å²) in [6, 6.07) is 12.5. The van der Waals surface area contributed by atoms with Crippen LogP contribution in [0.5, 0.6) is 0 Å². The number of halogens is 2. The summed E-state index contributed by atoms with van der Waals surface area (Å²) >= 11 is 0. The van der Waals surface area contributed by atoms with Gasteiger partial charge in [-0.2, -0.15) is 5.26 Å². The Bertz CT molecular complexity index is 1560. The molecule has 4 fully saturated rings. The van der Waals surface area contributed by atoms with Crippen molar-refractivity contribution in [2.75, 3.05) is 78.5 Å². The first kappa shape index (κ1) is 37.5. The topological polar surface area (TPSA) is 95.3 Å². The summed E-state index contributed by atoms with van der Waals surface area (Å²) in [4.78, 5) is 21.7. The van der Waals surface area contributed by atoms with E-state index < -0.39 is 17.1 Å². The summed E-state index contributed by atoms with van der Waals surface area (Å²) in [5, 5.41) is 23.5. The van der Waals surface area contributed by atoms with Crippen LogP contribution in [0.1, 0.15) is 68.6 Å². The van der Waals surface area contributed by atoms with E-state index in [1.54, 1.807) is 6.07 Å². The number of methoxy groups -OCH3 is 1. The first-order valence-corrected chi connectivity index (χ1v) is 18.8. The number of aliphatic hydroxyl groups is 1. The number of nitrogens with zero attached hydrogens (tertiary/aromatic N) is 5. The fraction of sp³-hybridized carbons (Fsp3) is 0.650. The van der Waals surface area contributed by atoms with Gasteiger partial charge in [-0.15, -0.1) is 0 Å². The van der Waals surface area contributed by atoms with Crippen LogP contribution in [0.4, 0.5) is 19.3 Å². The van der Waals surface area contributed by atoms with Crippen LogP contribution >= 0.6 is 0 Å². The van der Waals surface area contributed by atoms with Gasteiger partial charge in [0.2, 0.25) is 0 Å². The highest BCUT2D eigenvalue weighted by atomic mass is 19.1. The highest BCUT2D eigenvalue weighted by Gasteiger charge is 2.53. The molecule has 0 aromatic heterocycles. The molecule has 0 unspecified atom stereocenters. The van der Waals surface area contributed by atoms with E-state index in [9.17, 15) is 15.2 Å². The molecule has 9 nitrogen and oxygen atoms in total. The van der Waals surface area contributed by atoms with Gasteiger partial charge < -0.3 is 34.8 Å². The van der Waals surface area contributed by atoms with E-state index in [0.29, 0.717) is 36.6 Å². The van der Waals surface area contributed by atoms with Crippen molar-refractivity contribution in [2.24, 2.45) is 17.8 Å². The average Bonchev–Trinajstić information content (AvgIpc) is 3.55. The number of nitriles is 1. The van der Waals surface area contributed by atoms with Crippen LogP contribution in [0.3, 0.4) is 0 Å². The van der Waals surface area contributed by atoms with Gasteiger partial charge in [0.15, 0.2) is 0 Å². The Morgan fingerprint density at radius 2 is 1.80 bits per heavy atom. The Kier molecular flexibility index (Phi) is 11.6. The Balaban J connectivity index is 1.19. The predicted octanol–water partition coefficient (Wildman–Crippen LogP) is 5.36. The first-order chi connectivity index (χ1) is 24.4. The molecule has 2 N–H and O–H groups in total. The number of rotatable bonds is 11. The number of amides is 1. The molecule has 4 aliphatic rings. The number of anilines is 1. The molecule has 0 bridgehead atoms. The number of piperidine rings is 2. The third kappa shape index (κ3) is 8.35. The lowest BCUT2D eigenvalue weighted by atomic mass is 9.58. The molecule has 6 rings (SSSR count). The third-order valence-electron chi connectivity index (χ3n) is 12.4. The van der Waals surface area contributed by atoms with Crippen molar-refractivity contribution in [3.63, 3.8) is 0 Å². The highest BCUT2D eigenvalue weighted by molar-refractivity contribution is 5.67. The van der Waals surface area contributed by atoms with Crippen LogP contribution in [-0.4, -0.2) is 111 Å². The van der Waals surface area contributed by atoms with E-state index in [1.807, 2.05) is 38.1 Å². The van der Waals surface area contributed by atoms with Gasteiger partial charge in [0, 0.05) is 63.2 Å². The molecule has 3 atom stereocenters. The van der Waals surface area contributed by atoms with Gasteiger partial charge in [-0.25, -0.2) is 13.6 Å². The van der Waals surface area contributed by atoms with Crippen LogP contribution in [0.15, 0.2) is 36.4 Å². The monoisotopic (exact) mass is 706 g/mol. The quantitative estimate of drug-likeness (QED) is 0.323. The van der Waals surface area contributed by atoms with Gasteiger partial charge in [0.05, 0.1) is 30.0 Å². The zero-order chi connectivity index (χ0) is 36.3. The second-order valence-corrected chi connectivity index (χ2v) is 16.3. The van der Waals surface area contributed by atoms with Crippen molar-refractivity contribution in [2.45, 2.75) is 75.5 Å². The molecule has 3 heterocycles. The highest BCUT2D eigenvalue weighted by Crippen LogP contribution is 2.51. The average molecular weight is 707 g/mol. The minimum atomic E-state index is -0.677. The van der Waals surface area contributed by atoms with Crippen molar-refractivity contribution < 1.29 is 23.4 Å². The lowest BCUT2D eigenvalue weighted by Crippen LogP contribution is -2.59. The number of benzene rings is 2. The number of carbonyl (C=O) groups excluding carboxylic acids is 1. The Morgan fingerprint density at radius 1 is 1.08 bits per heavy atom. The number of nitrogens with one attached hydrogen (secondary N) is 1. The van der Waals surface area contributed by atoms with E-state index in [-0.39, 0.29) is 29.5 Å². The van der Waals surface area contributed by atoms with Crippen molar-refractivity contribution in [3.8, 4) is 6.07 Å². The van der Waals surface area contributed by atoms with Gasteiger partial charge in [-0.3, -0.25) is 0 Å². The molecule has 2 aromatic rings. The van der Waals surface area contributed by atoms with Gasteiger partial charge in [-0.1, -0.05) is 18.6 Å². The Morgan fingerprint density at radius 3 is 2.45 bits per heavy atom. The van der Waals surface area contributed by atoms with Crippen LogP contribution in [0.2, 0.25) is 0 Å². The number of likely N-dealkylation sites (tertiary alicyclic amines) is 2. The summed E-state index contributed by atoms with van der Waals surface area (Å²) < 4.78 is 35.3. The Labute approximate surface area is 302 Å². The fourth-order valence-electron chi connectivity index (χ4n) is 9.69. The van der Waals surface area contributed by atoms with E-state index >= 15 is 8.78 Å². The molecule has 51 heavy (non-hydrogen) atoms. The van der Waals surface area contributed by atoms with Crippen molar-refractivity contribution in [1.29, 1.82) is 5.26 Å². The van der Waals surface area contributed by atoms with Gasteiger partial charge >= 0.3 is 6.09 Å². The van der Waals surface area contributed by atoms with E-state index in [4.69, 9.17) is 4.74 Å². The predicted molar refractivity (Wildman–Crippen MR) is 194 cm³/mol. The molecule has 3 saturated heterocycles. The fourth-order valence-corrected chi connectivity index (χ4v) is 9.69. The smallest absolute Gasteiger partial charge is 0.407 e. The maximum Gasteiger partial charge on any atom is 0.407 e. The van der Waals surface area contributed by atoms with Crippen molar-refractivity contribution in [3.05, 3.63) is 64.7 Å². The molecule has 1 aliphatic carbocycles. The molecular formula is C40H56F2N6O3. The van der Waals surface area contributed by atoms with Crippen LogP contribution in [0, 0.1) is 40.7 Å². The second-order valence-electron chi connectivity index (χ2n) is 16.3. The van der Waals surface area contributed by atoms with Crippen LogP contribution < -0.4 is 10.2 Å². The summed E-state index contributed by atoms with van der Waals surface area (Å²) in [6.07, 6.45) is 5.67. The van der Waals surface area contributed by atoms with Gasteiger partial charge in [0.25, 0.3) is 0 Å². The molecule has 3 aliphatic heterocycles. The largest absolute Gasteiger partial charge is 0.453 e. The minimum absolute atomic E-state index is 0.0755. The van der Waals surface area contributed by atoms with Crippen LogP contribution in [-0.2, 0) is 16.7 Å². The number of alkyl carbamates (subject to hydrolysis) is 1. The molecule has 1 amide bonds. The number of carbonyl (C=O) groups is 1. The standard InChI is InChI=1S/C40H56F2N6O3/c1-39(50)13-17-47(18-14-39)27-40(32-7-5-8-33(41)21-32,34-9-6-10-36(34)44-38(49)51-4)31-11-15-46(16-12-31)23-28-24-48(25-28)37-20-30(26-45(2)3)29(22-43)19-35(37)42/h5,7-8,19-21,28,31,34,36,50H,6,9-18,23-27H2,1-4H3,(H,44,49)/t34-,36-,40-/m0/s1. The number of hydrogen-bond donors (Lipinski definition) is 2. The normalized spacial score (nSPS) is 24.6. The third-order valence-corrected chi connectivity index (χ3v) is 12.4. The molecule has 278 valence electrons. The lowest BCUT2D eigenvalue weighted by Gasteiger charge is -2.53. The van der Waals surface area contributed by atoms with E-state index in [0.717, 1.165) is 95.6 Å². The summed E-state index contributed by atoms with van der Waals surface area (Å²) in [5.74, 6) is 0.215. The van der Waals surface area contributed by atoms with Crippen molar-refractivity contribution >= 4 is 11.8 Å². The summed E-state index contributed by atoms with van der Waals surface area (Å²) in [5.41, 5.74) is 1.73. The Hall–Kier alpha value is -3.30. The summed E-state index contributed by atoms with van der Waals surface area (Å²) in [7, 11) is 5.29. The van der Waals surface area contributed by atoms with E-state index in [2.05, 4.69) is 32.2 Å². The molecule has 11 heteroatoms. The number of hydrogen-bond acceptors (Lipinski definition) is 8. The molecule has 0 spiro atoms. The van der Waals surface area contributed by atoms with E-state index in [1.165, 1.54) is 19.2 Å². The molecular weight excluding hydrogens is 650 g/mol. The minimum Gasteiger partial charge on any atom is -0.453 e. The zero-order valence-corrected chi connectivity index (χ0v) is 30.8. The SMILES string of the molecule is COC(=O)N[C@H]1CCC[C@@H]1[C@](CN1CCC(C)(O)CC1)(c1cccc(F)c1)C1CCN(CC2CN(c3cc(CN(C)C)c(C#N)cc3F)C2)CC1. The van der Waals surface area contributed by atoms with Gasteiger partial charge in [0.1, 0.15) is 11.6 Å². The lowest BCUT2D eigenvalue weighted by molar-refractivity contribution is -0.0259. The maximum atomic E-state index is 15.2. The molecule has 0 radical (unpaired) electrons. The summed E-state index contributed by atoms with van der Waals surface area (Å²) in [6.45, 7) is 9.15. The van der Waals surface area contributed by atoms with Crippen molar-refractivity contribution in [1.82, 2.24) is 20.0 Å². The first-order valence-electron chi connectivity index (χ1n) is 18.8. The van der Waals surface area contributed by atoms with Gasteiger partial charge in [-0.05, 0) is 120 Å². The maximum absolute atomic E-state index is 15.2.